The normalized spacial score (nSPS) is 26.9. The van der Waals surface area contributed by atoms with Gasteiger partial charge >= 0.3 is 0 Å². The van der Waals surface area contributed by atoms with Crippen LogP contribution in [0.4, 0.5) is 0 Å². The molecule has 0 aromatic heterocycles. The molecule has 0 amide bonds. The summed E-state index contributed by atoms with van der Waals surface area (Å²) in [5, 5.41) is 0. The maximum absolute atomic E-state index is 11.9. The Morgan fingerprint density at radius 2 is 2.27 bits per heavy atom. The van der Waals surface area contributed by atoms with Crippen LogP contribution in [0, 0.1) is 5.92 Å². The summed E-state index contributed by atoms with van der Waals surface area (Å²) < 4.78 is 16.0. The van der Waals surface area contributed by atoms with Crippen molar-refractivity contribution >= 4 is 17.1 Å². The number of hydrogen-bond acceptors (Lipinski definition) is 2. The minimum Gasteiger partial charge on any atom is -0.591 e. The standard InChI is InChI=1S/C12H21NOS/c1-5-7-10-8-6-9-11(10)13-15(14)12(2,3)4/h5,10H,1,6-9H2,2-4H3/b13-11+. The molecule has 0 spiro atoms. The SMILES string of the molecule is C=CCC1CCC/C1=N\[S+]([O-])C(C)(C)C. The zero-order valence-corrected chi connectivity index (χ0v) is 10.8. The van der Waals surface area contributed by atoms with Gasteiger partial charge in [0.05, 0.1) is 5.71 Å². The third kappa shape index (κ3) is 3.65. The molecule has 1 fully saturated rings. The molecular weight excluding hydrogens is 206 g/mol. The molecule has 15 heavy (non-hydrogen) atoms. The second-order valence-corrected chi connectivity index (χ2v) is 6.96. The first-order valence-electron chi connectivity index (χ1n) is 5.55. The van der Waals surface area contributed by atoms with Crippen molar-refractivity contribution in [3.63, 3.8) is 0 Å². The van der Waals surface area contributed by atoms with Gasteiger partial charge in [-0.1, -0.05) is 10.5 Å². The lowest BCUT2D eigenvalue weighted by molar-refractivity contribution is 0.561. The lowest BCUT2D eigenvalue weighted by Gasteiger charge is -2.19. The molecule has 0 radical (unpaired) electrons. The van der Waals surface area contributed by atoms with Gasteiger partial charge in [-0.05, 0) is 46.5 Å². The largest absolute Gasteiger partial charge is 0.591 e. The zero-order chi connectivity index (χ0) is 11.5. The number of hydrogen-bond donors (Lipinski definition) is 0. The summed E-state index contributed by atoms with van der Waals surface area (Å²) in [7, 11) is 0. The fraction of sp³-hybridized carbons (Fsp3) is 0.750. The van der Waals surface area contributed by atoms with E-state index >= 15 is 0 Å². The third-order valence-corrected chi connectivity index (χ3v) is 4.08. The summed E-state index contributed by atoms with van der Waals surface area (Å²) >= 11 is -1.10. The Balaban J connectivity index is 2.69. The molecule has 0 bridgehead atoms. The van der Waals surface area contributed by atoms with Gasteiger partial charge in [0.2, 0.25) is 0 Å². The summed E-state index contributed by atoms with van der Waals surface area (Å²) in [5.41, 5.74) is 1.14. The summed E-state index contributed by atoms with van der Waals surface area (Å²) in [6.07, 6.45) is 6.27. The predicted molar refractivity (Wildman–Crippen MR) is 67.5 cm³/mol. The second-order valence-electron chi connectivity index (χ2n) is 5.06. The van der Waals surface area contributed by atoms with Gasteiger partial charge in [0.1, 0.15) is 16.1 Å². The van der Waals surface area contributed by atoms with Crippen LogP contribution in [-0.2, 0) is 11.4 Å². The van der Waals surface area contributed by atoms with E-state index in [2.05, 4.69) is 11.0 Å². The highest BCUT2D eigenvalue weighted by atomic mass is 32.2. The second kappa shape index (κ2) is 5.17. The highest BCUT2D eigenvalue weighted by Crippen LogP contribution is 2.28. The lowest BCUT2D eigenvalue weighted by Crippen LogP contribution is -2.27. The molecule has 2 atom stereocenters. The van der Waals surface area contributed by atoms with Crippen LogP contribution in [0.2, 0.25) is 0 Å². The molecule has 0 saturated heterocycles. The maximum Gasteiger partial charge on any atom is 0.144 e. The first-order chi connectivity index (χ1) is 6.95. The van der Waals surface area contributed by atoms with Crippen molar-refractivity contribution in [1.29, 1.82) is 0 Å². The molecular formula is C12H21NOS. The Hall–Kier alpha value is -0.280. The van der Waals surface area contributed by atoms with E-state index in [-0.39, 0.29) is 4.75 Å². The monoisotopic (exact) mass is 227 g/mol. The van der Waals surface area contributed by atoms with Crippen LogP contribution in [0.1, 0.15) is 46.5 Å². The quantitative estimate of drug-likeness (QED) is 0.538. The highest BCUT2D eigenvalue weighted by molar-refractivity contribution is 7.91. The van der Waals surface area contributed by atoms with E-state index in [0.29, 0.717) is 5.92 Å². The third-order valence-electron chi connectivity index (χ3n) is 2.63. The van der Waals surface area contributed by atoms with E-state index in [0.717, 1.165) is 18.6 Å². The molecule has 0 aromatic rings. The van der Waals surface area contributed by atoms with E-state index in [9.17, 15) is 4.55 Å². The van der Waals surface area contributed by atoms with Crippen LogP contribution in [0.3, 0.4) is 0 Å². The fourth-order valence-corrected chi connectivity index (χ4v) is 2.45. The van der Waals surface area contributed by atoms with E-state index < -0.39 is 11.4 Å². The first kappa shape index (κ1) is 12.8. The van der Waals surface area contributed by atoms with Gasteiger partial charge in [-0.25, -0.2) is 0 Å². The molecule has 1 aliphatic carbocycles. The van der Waals surface area contributed by atoms with Crippen LogP contribution in [-0.4, -0.2) is 15.0 Å². The van der Waals surface area contributed by atoms with Gasteiger partial charge < -0.3 is 4.55 Å². The van der Waals surface area contributed by atoms with Gasteiger partial charge in [0.25, 0.3) is 0 Å². The average molecular weight is 227 g/mol. The molecule has 1 aliphatic rings. The maximum atomic E-state index is 11.9. The molecule has 3 heteroatoms. The van der Waals surface area contributed by atoms with Gasteiger partial charge in [-0.15, -0.1) is 6.58 Å². The zero-order valence-electron chi connectivity index (χ0n) is 9.95. The number of nitrogens with zero attached hydrogens (tertiary/aromatic N) is 1. The molecule has 0 N–H and O–H groups in total. The molecule has 2 unspecified atom stereocenters. The number of allylic oxidation sites excluding steroid dienone is 1. The minimum absolute atomic E-state index is 0.242. The van der Waals surface area contributed by atoms with Crippen molar-refractivity contribution in [3.8, 4) is 0 Å². The van der Waals surface area contributed by atoms with E-state index in [4.69, 9.17) is 0 Å². The van der Waals surface area contributed by atoms with Crippen LogP contribution in [0.5, 0.6) is 0 Å². The van der Waals surface area contributed by atoms with E-state index in [1.54, 1.807) is 0 Å². The Bertz CT molecular complexity index is 255. The van der Waals surface area contributed by atoms with Crippen LogP contribution >= 0.6 is 0 Å². The van der Waals surface area contributed by atoms with Crippen molar-refractivity contribution in [1.82, 2.24) is 0 Å². The lowest BCUT2D eigenvalue weighted by atomic mass is 10.0. The number of rotatable bonds is 3. The van der Waals surface area contributed by atoms with Crippen LogP contribution in [0.25, 0.3) is 0 Å². The topological polar surface area (TPSA) is 35.4 Å². The van der Waals surface area contributed by atoms with Crippen LogP contribution in [0.15, 0.2) is 17.1 Å². The fourth-order valence-electron chi connectivity index (χ4n) is 1.72. The Kier molecular flexibility index (Phi) is 4.41. The Labute approximate surface area is 96.2 Å². The van der Waals surface area contributed by atoms with Gasteiger partial charge in [0.15, 0.2) is 0 Å². The van der Waals surface area contributed by atoms with Crippen LogP contribution < -0.4 is 0 Å². The van der Waals surface area contributed by atoms with E-state index in [1.165, 1.54) is 12.8 Å². The smallest absolute Gasteiger partial charge is 0.144 e. The predicted octanol–water partition coefficient (Wildman–Crippen LogP) is 3.27. The molecule has 1 saturated carbocycles. The average Bonchev–Trinajstić information content (AvgIpc) is 2.52. The molecule has 86 valence electrons. The molecule has 1 rings (SSSR count). The molecule has 2 nitrogen and oxygen atoms in total. The molecule has 0 heterocycles. The first-order valence-corrected chi connectivity index (χ1v) is 6.66. The summed E-state index contributed by atoms with van der Waals surface area (Å²) in [4.78, 5) is 0. The molecule has 0 aromatic carbocycles. The summed E-state index contributed by atoms with van der Waals surface area (Å²) in [6, 6.07) is 0. The van der Waals surface area contributed by atoms with Crippen molar-refractivity contribution < 1.29 is 4.55 Å². The van der Waals surface area contributed by atoms with Crippen molar-refractivity contribution in [2.45, 2.75) is 51.2 Å². The summed E-state index contributed by atoms with van der Waals surface area (Å²) in [5.74, 6) is 0.494. The van der Waals surface area contributed by atoms with Crippen molar-refractivity contribution in [2.24, 2.45) is 10.3 Å². The Morgan fingerprint density at radius 3 is 2.80 bits per heavy atom. The van der Waals surface area contributed by atoms with Gasteiger partial charge in [-0.2, -0.15) is 0 Å². The van der Waals surface area contributed by atoms with Gasteiger partial charge in [-0.3, -0.25) is 0 Å². The Morgan fingerprint density at radius 1 is 1.60 bits per heavy atom. The molecule has 0 aliphatic heterocycles. The van der Waals surface area contributed by atoms with E-state index in [1.807, 2.05) is 26.8 Å². The minimum atomic E-state index is -1.10. The van der Waals surface area contributed by atoms with Crippen molar-refractivity contribution in [2.75, 3.05) is 0 Å². The summed E-state index contributed by atoms with van der Waals surface area (Å²) in [6.45, 7) is 9.64. The highest BCUT2D eigenvalue weighted by Gasteiger charge is 2.30. The van der Waals surface area contributed by atoms with Gasteiger partial charge in [0, 0.05) is 5.92 Å². The van der Waals surface area contributed by atoms with Crippen molar-refractivity contribution in [3.05, 3.63) is 12.7 Å².